The zero-order valence-electron chi connectivity index (χ0n) is 7.33. The lowest BCUT2D eigenvalue weighted by atomic mass is 10.2. The second kappa shape index (κ2) is 5.29. The molecule has 0 saturated carbocycles. The van der Waals surface area contributed by atoms with Crippen molar-refractivity contribution in [3.8, 4) is 0 Å². The molecule has 0 aliphatic heterocycles. The molecule has 0 aliphatic rings. The summed E-state index contributed by atoms with van der Waals surface area (Å²) in [5.74, 6) is -0.655. The third-order valence-electron chi connectivity index (χ3n) is 1.10. The molecule has 0 spiro atoms. The van der Waals surface area contributed by atoms with Gasteiger partial charge in [0.1, 0.15) is 12.3 Å². The van der Waals surface area contributed by atoms with E-state index >= 15 is 0 Å². The predicted molar refractivity (Wildman–Crippen MR) is 48.3 cm³/mol. The van der Waals surface area contributed by atoms with Crippen LogP contribution >= 0.6 is 0 Å². The number of esters is 1. The summed E-state index contributed by atoms with van der Waals surface area (Å²) in [4.78, 5) is 10.6. The van der Waals surface area contributed by atoms with E-state index in [1.54, 1.807) is 6.08 Å². The summed E-state index contributed by atoms with van der Waals surface area (Å²) in [6, 6.07) is 0. The third-order valence-corrected chi connectivity index (χ3v) is 1.10. The van der Waals surface area contributed by atoms with Crippen molar-refractivity contribution < 1.29 is 9.53 Å². The lowest BCUT2D eigenvalue weighted by Gasteiger charge is -2.07. The van der Waals surface area contributed by atoms with Gasteiger partial charge in [-0.15, -0.1) is 0 Å². The fraction of sp³-hybridized carbons (Fsp3) is 0.333. The van der Waals surface area contributed by atoms with Gasteiger partial charge in [0.25, 0.3) is 0 Å². The van der Waals surface area contributed by atoms with E-state index in [4.69, 9.17) is 10.1 Å². The highest BCUT2D eigenvalue weighted by atomic mass is 16.5. The minimum absolute atomic E-state index is 0.427. The molecular formula is C9H13NO2. The molecule has 1 N–H and O–H groups in total. The quantitative estimate of drug-likeness (QED) is 0.393. The van der Waals surface area contributed by atoms with Gasteiger partial charge in [0, 0.05) is 0 Å². The number of hydrogen-bond acceptors (Lipinski definition) is 3. The van der Waals surface area contributed by atoms with Crippen molar-refractivity contribution in [2.45, 2.75) is 20.0 Å². The van der Waals surface area contributed by atoms with Gasteiger partial charge in [-0.3, -0.25) is 0 Å². The van der Waals surface area contributed by atoms with Crippen LogP contribution in [0.2, 0.25) is 0 Å². The summed E-state index contributed by atoms with van der Waals surface area (Å²) >= 11 is 0. The van der Waals surface area contributed by atoms with Gasteiger partial charge in [0.05, 0.1) is 0 Å². The van der Waals surface area contributed by atoms with Crippen molar-refractivity contribution >= 4 is 12.2 Å². The van der Waals surface area contributed by atoms with E-state index in [1.165, 1.54) is 6.08 Å². The molecule has 3 heteroatoms. The van der Waals surface area contributed by atoms with Gasteiger partial charge in [0.2, 0.25) is 0 Å². The molecule has 0 radical (unpaired) electrons. The van der Waals surface area contributed by atoms with Crippen LogP contribution in [0.15, 0.2) is 24.3 Å². The van der Waals surface area contributed by atoms with Crippen LogP contribution in [-0.2, 0) is 9.53 Å². The van der Waals surface area contributed by atoms with Crippen LogP contribution in [0.3, 0.4) is 0 Å². The van der Waals surface area contributed by atoms with E-state index in [1.807, 2.05) is 13.8 Å². The van der Waals surface area contributed by atoms with Crippen LogP contribution in [0.4, 0.5) is 0 Å². The number of carbonyl (C=O) groups excluding carboxylic acids is 1. The largest absolute Gasteiger partial charge is 0.450 e. The van der Waals surface area contributed by atoms with Crippen LogP contribution in [0, 0.1) is 5.41 Å². The van der Waals surface area contributed by atoms with Crippen molar-refractivity contribution in [1.82, 2.24) is 0 Å². The van der Waals surface area contributed by atoms with Crippen molar-refractivity contribution in [1.29, 1.82) is 5.41 Å². The summed E-state index contributed by atoms with van der Waals surface area (Å²) in [5, 5.41) is 6.61. The van der Waals surface area contributed by atoms with Gasteiger partial charge in [-0.25, -0.2) is 4.79 Å². The normalized spacial score (nSPS) is 11.2. The first kappa shape index (κ1) is 10.6. The van der Waals surface area contributed by atoms with E-state index in [0.717, 1.165) is 5.57 Å². The molecule has 0 aromatic heterocycles. The van der Waals surface area contributed by atoms with Gasteiger partial charge in [0.15, 0.2) is 0 Å². The van der Waals surface area contributed by atoms with Gasteiger partial charge < -0.3 is 10.1 Å². The Balaban J connectivity index is 4.18. The molecule has 0 aromatic carbocycles. The maximum atomic E-state index is 10.6. The van der Waals surface area contributed by atoms with E-state index in [9.17, 15) is 4.79 Å². The lowest BCUT2D eigenvalue weighted by Crippen LogP contribution is -2.14. The number of carbonyl (C=O) groups is 1. The number of ether oxygens (including phenoxy) is 1. The first-order chi connectivity index (χ1) is 5.60. The highest BCUT2D eigenvalue weighted by molar-refractivity contribution is 6.21. The number of allylic oxidation sites excluding steroid dienone is 1. The van der Waals surface area contributed by atoms with Gasteiger partial charge in [-0.2, -0.15) is 0 Å². The Morgan fingerprint density at radius 2 is 2.17 bits per heavy atom. The molecular weight excluding hydrogens is 154 g/mol. The zero-order chi connectivity index (χ0) is 9.56. The summed E-state index contributed by atoms with van der Waals surface area (Å²) in [6.45, 7) is 7.30. The summed E-state index contributed by atoms with van der Waals surface area (Å²) in [7, 11) is 0. The fourth-order valence-electron chi connectivity index (χ4n) is 0.647. The molecule has 0 amide bonds. The molecule has 12 heavy (non-hydrogen) atoms. The number of hydrogen-bond donors (Lipinski definition) is 1. The zero-order valence-corrected chi connectivity index (χ0v) is 7.33. The van der Waals surface area contributed by atoms with Gasteiger partial charge in [-0.05, 0) is 26.0 Å². The molecule has 0 saturated heterocycles. The molecule has 1 atom stereocenters. The smallest absolute Gasteiger partial charge is 0.349 e. The topological polar surface area (TPSA) is 50.2 Å². The molecule has 3 nitrogen and oxygen atoms in total. The Morgan fingerprint density at radius 3 is 2.50 bits per heavy atom. The van der Waals surface area contributed by atoms with Crippen molar-refractivity contribution in [2.75, 3.05) is 0 Å². The fourth-order valence-corrected chi connectivity index (χ4v) is 0.647. The highest BCUT2D eigenvalue weighted by Crippen LogP contribution is 2.00. The Hall–Kier alpha value is -1.38. The van der Waals surface area contributed by atoms with Crippen molar-refractivity contribution in [3.63, 3.8) is 0 Å². The Morgan fingerprint density at radius 1 is 1.58 bits per heavy atom. The van der Waals surface area contributed by atoms with E-state index < -0.39 is 12.1 Å². The molecule has 0 aliphatic carbocycles. The SMILES string of the molecule is C=CC(C=C(C)C)OC(=O)C=N. The van der Waals surface area contributed by atoms with Crippen molar-refractivity contribution in [3.05, 3.63) is 24.3 Å². The molecule has 0 bridgehead atoms. The molecule has 0 heterocycles. The predicted octanol–water partition coefficient (Wildman–Crippen LogP) is 1.70. The first-order valence-electron chi connectivity index (χ1n) is 3.58. The second-order valence-corrected chi connectivity index (χ2v) is 2.53. The van der Waals surface area contributed by atoms with Crippen LogP contribution < -0.4 is 0 Å². The summed E-state index contributed by atoms with van der Waals surface area (Å²) < 4.78 is 4.78. The van der Waals surface area contributed by atoms with Gasteiger partial charge >= 0.3 is 5.97 Å². The molecule has 0 aromatic rings. The van der Waals surface area contributed by atoms with Gasteiger partial charge in [-0.1, -0.05) is 12.2 Å². The van der Waals surface area contributed by atoms with Crippen LogP contribution in [0.25, 0.3) is 0 Å². The molecule has 1 unspecified atom stereocenters. The average Bonchev–Trinajstić information content (AvgIpc) is 2.02. The van der Waals surface area contributed by atoms with E-state index in [0.29, 0.717) is 6.21 Å². The first-order valence-corrected chi connectivity index (χ1v) is 3.58. The Bertz CT molecular complexity index is 215. The number of rotatable bonds is 4. The minimum atomic E-state index is -0.655. The van der Waals surface area contributed by atoms with Crippen LogP contribution in [0.1, 0.15) is 13.8 Å². The lowest BCUT2D eigenvalue weighted by molar-refractivity contribution is -0.136. The molecule has 66 valence electrons. The maximum Gasteiger partial charge on any atom is 0.349 e. The van der Waals surface area contributed by atoms with E-state index in [-0.39, 0.29) is 0 Å². The summed E-state index contributed by atoms with van der Waals surface area (Å²) in [5.41, 5.74) is 1.04. The second-order valence-electron chi connectivity index (χ2n) is 2.53. The minimum Gasteiger partial charge on any atom is -0.450 e. The van der Waals surface area contributed by atoms with Crippen LogP contribution in [0.5, 0.6) is 0 Å². The van der Waals surface area contributed by atoms with Crippen LogP contribution in [-0.4, -0.2) is 18.3 Å². The Labute approximate surface area is 72.2 Å². The standard InChI is InChI=1S/C9H13NO2/c1-4-8(5-7(2)3)12-9(11)6-10/h4-6,8,10H,1H2,2-3H3. The van der Waals surface area contributed by atoms with E-state index in [2.05, 4.69) is 6.58 Å². The summed E-state index contributed by atoms with van der Waals surface area (Å²) in [6.07, 6.45) is 3.47. The maximum absolute atomic E-state index is 10.6. The third kappa shape index (κ3) is 4.44. The average molecular weight is 167 g/mol. The van der Waals surface area contributed by atoms with Crippen molar-refractivity contribution in [2.24, 2.45) is 0 Å². The molecule has 0 fully saturated rings. The monoisotopic (exact) mass is 167 g/mol. The Kier molecular flexibility index (Phi) is 4.69. The number of nitrogens with one attached hydrogen (secondary N) is 1. The highest BCUT2D eigenvalue weighted by Gasteiger charge is 2.04. The molecule has 0 rings (SSSR count).